The Bertz CT molecular complexity index is 357. The van der Waals surface area contributed by atoms with E-state index in [-0.39, 0.29) is 24.4 Å². The van der Waals surface area contributed by atoms with Gasteiger partial charge in [0.1, 0.15) is 6.61 Å². The molecule has 0 fully saturated rings. The normalized spacial score (nSPS) is 14.5. The SMILES string of the molecule is CCC(C)C(C(=O)COC(C)C)c1ccccc1. The van der Waals surface area contributed by atoms with Crippen molar-refractivity contribution >= 4 is 5.78 Å². The molecular weight excluding hydrogens is 224 g/mol. The fraction of sp³-hybridized carbons (Fsp3) is 0.562. The third-order valence-electron chi connectivity index (χ3n) is 3.28. The third-order valence-corrected chi connectivity index (χ3v) is 3.28. The van der Waals surface area contributed by atoms with Crippen molar-refractivity contribution in [1.29, 1.82) is 0 Å². The van der Waals surface area contributed by atoms with Gasteiger partial charge in [0.15, 0.2) is 5.78 Å². The second-order valence-corrected chi connectivity index (χ2v) is 5.10. The van der Waals surface area contributed by atoms with Crippen molar-refractivity contribution in [2.45, 2.75) is 46.1 Å². The summed E-state index contributed by atoms with van der Waals surface area (Å²) in [6, 6.07) is 10.0. The van der Waals surface area contributed by atoms with Crippen molar-refractivity contribution < 1.29 is 9.53 Å². The molecule has 100 valence electrons. The van der Waals surface area contributed by atoms with Crippen LogP contribution in [-0.2, 0) is 9.53 Å². The van der Waals surface area contributed by atoms with Crippen LogP contribution in [0.15, 0.2) is 30.3 Å². The summed E-state index contributed by atoms with van der Waals surface area (Å²) in [7, 11) is 0. The number of Topliss-reactive ketones (excluding diaryl/α,β-unsaturated/α-hetero) is 1. The topological polar surface area (TPSA) is 26.3 Å². The Labute approximate surface area is 110 Å². The van der Waals surface area contributed by atoms with Crippen LogP contribution in [0, 0.1) is 5.92 Å². The zero-order valence-corrected chi connectivity index (χ0v) is 11.8. The molecule has 0 aliphatic rings. The minimum atomic E-state index is -0.0463. The third kappa shape index (κ3) is 4.26. The number of rotatable bonds is 7. The molecule has 0 aliphatic carbocycles. The maximum atomic E-state index is 12.3. The van der Waals surface area contributed by atoms with E-state index in [1.165, 1.54) is 0 Å². The van der Waals surface area contributed by atoms with Gasteiger partial charge in [-0.1, -0.05) is 50.6 Å². The van der Waals surface area contributed by atoms with Gasteiger partial charge in [-0.05, 0) is 25.3 Å². The van der Waals surface area contributed by atoms with Crippen LogP contribution in [0.1, 0.15) is 45.6 Å². The molecule has 2 atom stereocenters. The average molecular weight is 248 g/mol. The van der Waals surface area contributed by atoms with E-state index in [0.717, 1.165) is 12.0 Å². The molecule has 1 aromatic rings. The summed E-state index contributed by atoms with van der Waals surface area (Å²) in [4.78, 5) is 12.3. The summed E-state index contributed by atoms with van der Waals surface area (Å²) >= 11 is 0. The van der Waals surface area contributed by atoms with Crippen LogP contribution < -0.4 is 0 Å². The number of hydrogen-bond donors (Lipinski definition) is 0. The van der Waals surface area contributed by atoms with E-state index in [1.54, 1.807) is 0 Å². The number of ketones is 1. The van der Waals surface area contributed by atoms with Gasteiger partial charge < -0.3 is 4.74 Å². The molecule has 0 bridgehead atoms. The first kappa shape index (κ1) is 14.9. The van der Waals surface area contributed by atoms with E-state index in [2.05, 4.69) is 13.8 Å². The quantitative estimate of drug-likeness (QED) is 0.733. The maximum Gasteiger partial charge on any atom is 0.166 e. The van der Waals surface area contributed by atoms with Gasteiger partial charge in [-0.2, -0.15) is 0 Å². The second-order valence-electron chi connectivity index (χ2n) is 5.10. The molecule has 0 radical (unpaired) electrons. The minimum absolute atomic E-state index is 0.0463. The van der Waals surface area contributed by atoms with Crippen LogP contribution in [0.2, 0.25) is 0 Å². The largest absolute Gasteiger partial charge is 0.371 e. The molecule has 0 saturated heterocycles. The number of ether oxygens (including phenoxy) is 1. The average Bonchev–Trinajstić information content (AvgIpc) is 2.37. The summed E-state index contributed by atoms with van der Waals surface area (Å²) in [6.45, 7) is 8.37. The number of carbonyl (C=O) groups is 1. The van der Waals surface area contributed by atoms with E-state index in [4.69, 9.17) is 4.74 Å². The lowest BCUT2D eigenvalue weighted by molar-refractivity contribution is -0.127. The first-order chi connectivity index (χ1) is 8.56. The molecule has 1 rings (SSSR count). The fourth-order valence-corrected chi connectivity index (χ4v) is 2.07. The van der Waals surface area contributed by atoms with E-state index in [0.29, 0.717) is 5.92 Å². The molecular formula is C16H24O2. The number of hydrogen-bond acceptors (Lipinski definition) is 2. The van der Waals surface area contributed by atoms with Crippen LogP contribution in [0.5, 0.6) is 0 Å². The van der Waals surface area contributed by atoms with Gasteiger partial charge in [-0.25, -0.2) is 0 Å². The molecule has 18 heavy (non-hydrogen) atoms. The van der Waals surface area contributed by atoms with E-state index in [1.807, 2.05) is 44.2 Å². The molecule has 0 aliphatic heterocycles. The first-order valence-electron chi connectivity index (χ1n) is 6.75. The summed E-state index contributed by atoms with van der Waals surface area (Å²) in [5, 5.41) is 0. The van der Waals surface area contributed by atoms with E-state index in [9.17, 15) is 4.79 Å². The molecule has 0 N–H and O–H groups in total. The monoisotopic (exact) mass is 248 g/mol. The van der Waals surface area contributed by atoms with Gasteiger partial charge in [-0.3, -0.25) is 4.79 Å². The van der Waals surface area contributed by atoms with Crippen LogP contribution in [0.3, 0.4) is 0 Å². The van der Waals surface area contributed by atoms with Crippen molar-refractivity contribution in [3.05, 3.63) is 35.9 Å². The van der Waals surface area contributed by atoms with E-state index < -0.39 is 0 Å². The van der Waals surface area contributed by atoms with Gasteiger partial charge in [-0.15, -0.1) is 0 Å². The Morgan fingerprint density at radius 2 is 1.78 bits per heavy atom. The molecule has 1 aromatic carbocycles. The molecule has 2 nitrogen and oxygen atoms in total. The van der Waals surface area contributed by atoms with Crippen LogP contribution in [0.25, 0.3) is 0 Å². The van der Waals surface area contributed by atoms with Gasteiger partial charge in [0.25, 0.3) is 0 Å². The molecule has 2 unspecified atom stereocenters. The Hall–Kier alpha value is -1.15. The lowest BCUT2D eigenvalue weighted by atomic mass is 9.82. The van der Waals surface area contributed by atoms with Crippen molar-refractivity contribution in [3.63, 3.8) is 0 Å². The van der Waals surface area contributed by atoms with Crippen molar-refractivity contribution in [2.75, 3.05) is 6.61 Å². The molecule has 0 amide bonds. The van der Waals surface area contributed by atoms with Gasteiger partial charge in [0, 0.05) is 5.92 Å². The zero-order chi connectivity index (χ0) is 13.5. The summed E-state index contributed by atoms with van der Waals surface area (Å²) in [5.74, 6) is 0.481. The van der Waals surface area contributed by atoms with Crippen LogP contribution in [0.4, 0.5) is 0 Å². The first-order valence-corrected chi connectivity index (χ1v) is 6.75. The predicted octanol–water partition coefficient (Wildman–Crippen LogP) is 3.81. The highest BCUT2D eigenvalue weighted by Crippen LogP contribution is 2.28. The Kier molecular flexibility index (Phi) is 6.06. The smallest absolute Gasteiger partial charge is 0.166 e. The standard InChI is InChI=1S/C16H24O2/c1-5-13(4)16(14-9-7-6-8-10-14)15(17)11-18-12(2)3/h6-10,12-13,16H,5,11H2,1-4H3. The van der Waals surface area contributed by atoms with Crippen LogP contribution >= 0.6 is 0 Å². The maximum absolute atomic E-state index is 12.3. The molecule has 0 saturated carbocycles. The Balaban J connectivity index is 2.82. The van der Waals surface area contributed by atoms with E-state index >= 15 is 0 Å². The van der Waals surface area contributed by atoms with Crippen molar-refractivity contribution in [2.24, 2.45) is 5.92 Å². The van der Waals surface area contributed by atoms with Gasteiger partial charge in [0.2, 0.25) is 0 Å². The van der Waals surface area contributed by atoms with Crippen molar-refractivity contribution in [1.82, 2.24) is 0 Å². The highest BCUT2D eigenvalue weighted by atomic mass is 16.5. The lowest BCUT2D eigenvalue weighted by Crippen LogP contribution is -2.25. The van der Waals surface area contributed by atoms with Gasteiger partial charge in [0.05, 0.1) is 6.10 Å². The van der Waals surface area contributed by atoms with Crippen molar-refractivity contribution in [3.8, 4) is 0 Å². The summed E-state index contributed by atoms with van der Waals surface area (Å²) in [6.07, 6.45) is 1.09. The highest BCUT2D eigenvalue weighted by molar-refractivity contribution is 5.87. The molecule has 2 heteroatoms. The predicted molar refractivity (Wildman–Crippen MR) is 74.7 cm³/mol. The number of carbonyl (C=O) groups excluding carboxylic acids is 1. The summed E-state index contributed by atoms with van der Waals surface area (Å²) in [5.41, 5.74) is 1.10. The van der Waals surface area contributed by atoms with Gasteiger partial charge >= 0.3 is 0 Å². The molecule has 0 aromatic heterocycles. The summed E-state index contributed by atoms with van der Waals surface area (Å²) < 4.78 is 5.45. The Morgan fingerprint density at radius 1 is 1.17 bits per heavy atom. The number of benzene rings is 1. The Morgan fingerprint density at radius 3 is 2.28 bits per heavy atom. The lowest BCUT2D eigenvalue weighted by Gasteiger charge is -2.22. The highest BCUT2D eigenvalue weighted by Gasteiger charge is 2.25. The molecule has 0 spiro atoms. The van der Waals surface area contributed by atoms with Crippen LogP contribution in [-0.4, -0.2) is 18.5 Å². The fourth-order valence-electron chi connectivity index (χ4n) is 2.07. The molecule has 0 heterocycles. The zero-order valence-electron chi connectivity index (χ0n) is 11.8. The second kappa shape index (κ2) is 7.32. The minimum Gasteiger partial charge on any atom is -0.371 e.